The lowest BCUT2D eigenvalue weighted by molar-refractivity contribution is 0.153. The molecular formula is C16H26N2O. The third-order valence-corrected chi connectivity index (χ3v) is 4.47. The van der Waals surface area contributed by atoms with Gasteiger partial charge in [0.25, 0.3) is 0 Å². The van der Waals surface area contributed by atoms with Crippen molar-refractivity contribution in [3.8, 4) is 0 Å². The summed E-state index contributed by atoms with van der Waals surface area (Å²) in [4.78, 5) is 2.39. The van der Waals surface area contributed by atoms with Crippen LogP contribution < -0.4 is 5.32 Å². The van der Waals surface area contributed by atoms with Gasteiger partial charge in [-0.3, -0.25) is 0 Å². The summed E-state index contributed by atoms with van der Waals surface area (Å²) in [6.07, 6.45) is 5.31. The highest BCUT2D eigenvalue weighted by atomic mass is 16.3. The summed E-state index contributed by atoms with van der Waals surface area (Å²) in [5.74, 6) is 0. The molecule has 3 nitrogen and oxygen atoms in total. The van der Waals surface area contributed by atoms with Gasteiger partial charge in [0.05, 0.1) is 6.61 Å². The van der Waals surface area contributed by atoms with E-state index in [1.165, 1.54) is 31.2 Å². The molecule has 2 rings (SSSR count). The molecule has 1 aromatic rings. The molecule has 1 aromatic carbocycles. The number of benzene rings is 1. The number of likely N-dealkylation sites (N-methyl/N-ethyl adjacent to an activating group) is 1. The van der Waals surface area contributed by atoms with Gasteiger partial charge < -0.3 is 15.3 Å². The number of aliphatic hydroxyl groups excluding tert-OH is 1. The van der Waals surface area contributed by atoms with Gasteiger partial charge >= 0.3 is 0 Å². The maximum Gasteiger partial charge on any atom is 0.0681 e. The van der Waals surface area contributed by atoms with Crippen LogP contribution in [0.3, 0.4) is 0 Å². The van der Waals surface area contributed by atoms with E-state index in [0.717, 1.165) is 18.7 Å². The molecule has 0 aromatic heterocycles. The van der Waals surface area contributed by atoms with Crippen molar-refractivity contribution in [3.05, 3.63) is 35.4 Å². The van der Waals surface area contributed by atoms with E-state index in [-0.39, 0.29) is 6.61 Å². The minimum Gasteiger partial charge on any atom is -0.392 e. The van der Waals surface area contributed by atoms with Crippen molar-refractivity contribution in [1.29, 1.82) is 0 Å². The second-order valence-corrected chi connectivity index (χ2v) is 5.90. The molecule has 0 bridgehead atoms. The van der Waals surface area contributed by atoms with Crippen LogP contribution in [-0.4, -0.2) is 36.2 Å². The number of nitrogens with zero attached hydrogens (tertiary/aromatic N) is 1. The van der Waals surface area contributed by atoms with E-state index in [1.807, 2.05) is 12.1 Å². The summed E-state index contributed by atoms with van der Waals surface area (Å²) < 4.78 is 0. The van der Waals surface area contributed by atoms with Crippen LogP contribution in [0.25, 0.3) is 0 Å². The molecule has 0 amide bonds. The SMILES string of the molecule is CN(C)C1(CNCc2ccc(CO)cc2)CCCC1. The molecule has 3 heteroatoms. The van der Waals surface area contributed by atoms with Crippen LogP contribution in [0.4, 0.5) is 0 Å². The zero-order valence-electron chi connectivity index (χ0n) is 12.2. The Balaban J connectivity index is 1.84. The fourth-order valence-electron chi connectivity index (χ4n) is 3.02. The summed E-state index contributed by atoms with van der Waals surface area (Å²) in [5, 5.41) is 12.6. The highest BCUT2D eigenvalue weighted by Gasteiger charge is 2.35. The summed E-state index contributed by atoms with van der Waals surface area (Å²) in [7, 11) is 4.39. The molecular weight excluding hydrogens is 236 g/mol. The lowest BCUT2D eigenvalue weighted by atomic mass is 9.96. The Kier molecular flexibility index (Phi) is 4.97. The zero-order chi connectivity index (χ0) is 13.7. The molecule has 1 aliphatic rings. The molecule has 0 unspecified atom stereocenters. The second-order valence-electron chi connectivity index (χ2n) is 5.90. The van der Waals surface area contributed by atoms with Crippen molar-refractivity contribution < 1.29 is 5.11 Å². The normalized spacial score (nSPS) is 18.1. The van der Waals surface area contributed by atoms with Crippen molar-refractivity contribution in [2.75, 3.05) is 20.6 Å². The van der Waals surface area contributed by atoms with Gasteiger partial charge in [0.2, 0.25) is 0 Å². The molecule has 1 fully saturated rings. The average Bonchev–Trinajstić information content (AvgIpc) is 2.90. The van der Waals surface area contributed by atoms with E-state index in [2.05, 4.69) is 36.4 Å². The summed E-state index contributed by atoms with van der Waals surface area (Å²) in [5.41, 5.74) is 2.61. The predicted octanol–water partition coefficient (Wildman–Crippen LogP) is 2.14. The quantitative estimate of drug-likeness (QED) is 0.824. The number of aliphatic hydroxyl groups is 1. The molecule has 0 atom stereocenters. The van der Waals surface area contributed by atoms with E-state index >= 15 is 0 Å². The van der Waals surface area contributed by atoms with Crippen molar-refractivity contribution >= 4 is 0 Å². The Morgan fingerprint density at radius 2 is 1.68 bits per heavy atom. The van der Waals surface area contributed by atoms with Crippen molar-refractivity contribution in [2.45, 2.75) is 44.4 Å². The third-order valence-electron chi connectivity index (χ3n) is 4.47. The van der Waals surface area contributed by atoms with E-state index in [9.17, 15) is 0 Å². The van der Waals surface area contributed by atoms with Crippen LogP contribution >= 0.6 is 0 Å². The lowest BCUT2D eigenvalue weighted by Crippen LogP contribution is -2.49. The van der Waals surface area contributed by atoms with E-state index in [4.69, 9.17) is 5.11 Å². The van der Waals surface area contributed by atoms with E-state index < -0.39 is 0 Å². The largest absolute Gasteiger partial charge is 0.392 e. The molecule has 0 radical (unpaired) electrons. The van der Waals surface area contributed by atoms with Gasteiger partial charge in [-0.15, -0.1) is 0 Å². The molecule has 0 aliphatic heterocycles. The summed E-state index contributed by atoms with van der Waals surface area (Å²) in [6.45, 7) is 2.08. The standard InChI is InChI=1S/C16H26N2O/c1-18(2)16(9-3-4-10-16)13-17-11-14-5-7-15(12-19)8-6-14/h5-8,17,19H,3-4,9-13H2,1-2H3. The molecule has 1 aliphatic carbocycles. The molecule has 0 heterocycles. The first-order valence-electron chi connectivity index (χ1n) is 7.23. The fraction of sp³-hybridized carbons (Fsp3) is 0.625. The van der Waals surface area contributed by atoms with Crippen LogP contribution in [0.2, 0.25) is 0 Å². The van der Waals surface area contributed by atoms with Gasteiger partial charge in [-0.05, 0) is 38.1 Å². The molecule has 0 saturated heterocycles. The van der Waals surface area contributed by atoms with Crippen LogP contribution in [0.5, 0.6) is 0 Å². The van der Waals surface area contributed by atoms with Crippen molar-refractivity contribution in [3.63, 3.8) is 0 Å². The summed E-state index contributed by atoms with van der Waals surface area (Å²) >= 11 is 0. The predicted molar refractivity (Wildman–Crippen MR) is 79.0 cm³/mol. The van der Waals surface area contributed by atoms with Crippen molar-refractivity contribution in [2.24, 2.45) is 0 Å². The van der Waals surface area contributed by atoms with E-state index in [1.54, 1.807) is 0 Å². The Morgan fingerprint density at radius 1 is 1.11 bits per heavy atom. The molecule has 2 N–H and O–H groups in total. The number of hydrogen-bond donors (Lipinski definition) is 2. The zero-order valence-corrected chi connectivity index (χ0v) is 12.2. The highest BCUT2D eigenvalue weighted by molar-refractivity contribution is 5.21. The first-order chi connectivity index (χ1) is 9.16. The second kappa shape index (κ2) is 6.51. The van der Waals surface area contributed by atoms with Crippen molar-refractivity contribution in [1.82, 2.24) is 10.2 Å². The maximum atomic E-state index is 9.02. The smallest absolute Gasteiger partial charge is 0.0681 e. The number of rotatable bonds is 6. The van der Waals surface area contributed by atoms with Crippen LogP contribution in [-0.2, 0) is 13.2 Å². The first kappa shape index (κ1) is 14.5. The van der Waals surface area contributed by atoms with Crippen LogP contribution in [0.15, 0.2) is 24.3 Å². The maximum absolute atomic E-state index is 9.02. The van der Waals surface area contributed by atoms with Crippen LogP contribution in [0, 0.1) is 0 Å². The van der Waals surface area contributed by atoms with Gasteiger partial charge in [0.1, 0.15) is 0 Å². The third kappa shape index (κ3) is 3.56. The van der Waals surface area contributed by atoms with Crippen LogP contribution in [0.1, 0.15) is 36.8 Å². The highest BCUT2D eigenvalue weighted by Crippen LogP contribution is 2.33. The number of nitrogens with one attached hydrogen (secondary N) is 1. The Labute approximate surface area is 116 Å². The number of hydrogen-bond acceptors (Lipinski definition) is 3. The molecule has 0 spiro atoms. The molecule has 1 saturated carbocycles. The molecule has 106 valence electrons. The van der Waals surface area contributed by atoms with Gasteiger partial charge in [0.15, 0.2) is 0 Å². The Hall–Kier alpha value is -0.900. The van der Waals surface area contributed by atoms with Gasteiger partial charge in [-0.1, -0.05) is 37.1 Å². The molecule has 19 heavy (non-hydrogen) atoms. The summed E-state index contributed by atoms with van der Waals surface area (Å²) in [6, 6.07) is 8.17. The van der Waals surface area contributed by atoms with E-state index in [0.29, 0.717) is 5.54 Å². The topological polar surface area (TPSA) is 35.5 Å². The lowest BCUT2D eigenvalue weighted by Gasteiger charge is -2.36. The average molecular weight is 262 g/mol. The first-order valence-corrected chi connectivity index (χ1v) is 7.23. The minimum absolute atomic E-state index is 0.122. The Morgan fingerprint density at radius 3 is 2.21 bits per heavy atom. The minimum atomic E-state index is 0.122. The Bertz CT molecular complexity index is 380. The van der Waals surface area contributed by atoms with Gasteiger partial charge in [-0.25, -0.2) is 0 Å². The monoisotopic (exact) mass is 262 g/mol. The fourth-order valence-corrected chi connectivity index (χ4v) is 3.02. The van der Waals surface area contributed by atoms with Gasteiger partial charge in [-0.2, -0.15) is 0 Å². The van der Waals surface area contributed by atoms with Gasteiger partial charge in [0, 0.05) is 18.6 Å².